The van der Waals surface area contributed by atoms with Crippen LogP contribution in [0.5, 0.6) is 0 Å². The maximum absolute atomic E-state index is 12.7. The Morgan fingerprint density at radius 1 is 0.500 bits per heavy atom. The molecule has 0 aliphatic heterocycles. The van der Waals surface area contributed by atoms with Gasteiger partial charge in [0.1, 0.15) is 12.7 Å². The molecular formula is C51H103NO6. The molecule has 0 aromatic rings. The molecule has 0 aromatic heterocycles. The summed E-state index contributed by atoms with van der Waals surface area (Å²) in [6.45, 7) is 17.3. The van der Waals surface area contributed by atoms with Crippen molar-refractivity contribution >= 4 is 6.09 Å². The highest BCUT2D eigenvalue weighted by Gasteiger charge is 2.25. The van der Waals surface area contributed by atoms with Crippen molar-refractivity contribution in [3.63, 3.8) is 0 Å². The van der Waals surface area contributed by atoms with Crippen molar-refractivity contribution in [1.29, 1.82) is 0 Å². The summed E-state index contributed by atoms with van der Waals surface area (Å²) in [5, 5.41) is 2.90. The van der Waals surface area contributed by atoms with Crippen molar-refractivity contribution in [2.24, 2.45) is 0 Å². The molecule has 0 saturated carbocycles. The normalized spacial score (nSPS) is 13.2. The fourth-order valence-corrected chi connectivity index (χ4v) is 7.41. The van der Waals surface area contributed by atoms with E-state index in [-0.39, 0.29) is 24.4 Å². The monoisotopic (exact) mass is 826 g/mol. The number of amides is 1. The van der Waals surface area contributed by atoms with Gasteiger partial charge in [0.25, 0.3) is 0 Å². The standard InChI is InChI=1S/C51H103NO6/c1-9-11-13-15-17-19-21-23-25-27-29-31-33-35-37-39-43-55-47(3)48(45-57-49(53)52-42-41-50(4,5)58-46-51(6,7)54-8)56-44-40-38-36-34-32-30-28-26-24-22-20-18-16-14-12-10-2/h47-48H,9-46H2,1-8H3,(H,52,53). The third kappa shape index (κ3) is 40.5. The number of unbranched alkanes of at least 4 members (excludes halogenated alkanes) is 30. The van der Waals surface area contributed by atoms with Gasteiger partial charge in [-0.15, -0.1) is 0 Å². The second-order valence-corrected chi connectivity index (χ2v) is 18.9. The number of methoxy groups -OCH3 is 1. The molecule has 0 aliphatic rings. The average Bonchev–Trinajstić information content (AvgIpc) is 3.20. The topological polar surface area (TPSA) is 75.3 Å². The maximum atomic E-state index is 12.7. The van der Waals surface area contributed by atoms with E-state index in [1.165, 1.54) is 193 Å². The second kappa shape index (κ2) is 41.5. The Labute approximate surface area is 362 Å². The Morgan fingerprint density at radius 3 is 1.21 bits per heavy atom. The van der Waals surface area contributed by atoms with Crippen molar-refractivity contribution in [2.75, 3.05) is 40.1 Å². The van der Waals surface area contributed by atoms with Gasteiger partial charge in [0.15, 0.2) is 0 Å². The molecule has 0 fully saturated rings. The zero-order valence-corrected chi connectivity index (χ0v) is 40.5. The van der Waals surface area contributed by atoms with Gasteiger partial charge in [-0.1, -0.05) is 206 Å². The van der Waals surface area contributed by atoms with Crippen LogP contribution in [0.1, 0.15) is 260 Å². The van der Waals surface area contributed by atoms with E-state index >= 15 is 0 Å². The van der Waals surface area contributed by atoms with Crippen LogP contribution in [0.3, 0.4) is 0 Å². The van der Waals surface area contributed by atoms with Crippen LogP contribution in [-0.2, 0) is 23.7 Å². The minimum absolute atomic E-state index is 0.137. The minimum atomic E-state index is -0.422. The summed E-state index contributed by atoms with van der Waals surface area (Å²) < 4.78 is 29.8. The van der Waals surface area contributed by atoms with Gasteiger partial charge in [0.2, 0.25) is 0 Å². The predicted molar refractivity (Wildman–Crippen MR) is 249 cm³/mol. The minimum Gasteiger partial charge on any atom is -0.447 e. The first kappa shape index (κ1) is 57.1. The Hall–Kier alpha value is -0.890. The fourth-order valence-electron chi connectivity index (χ4n) is 7.41. The number of carbonyl (C=O) groups excluding carboxylic acids is 1. The van der Waals surface area contributed by atoms with E-state index in [1.54, 1.807) is 7.11 Å². The number of ether oxygens (including phenoxy) is 5. The highest BCUT2D eigenvalue weighted by Crippen LogP contribution is 2.19. The average molecular weight is 826 g/mol. The molecule has 0 rings (SSSR count). The fraction of sp³-hybridized carbons (Fsp3) is 0.980. The lowest BCUT2D eigenvalue weighted by atomic mass is 10.0. The summed E-state index contributed by atoms with van der Waals surface area (Å²) in [5.41, 5.74) is -0.744. The molecule has 348 valence electrons. The molecule has 2 unspecified atom stereocenters. The van der Waals surface area contributed by atoms with Crippen LogP contribution in [0.15, 0.2) is 0 Å². The summed E-state index contributed by atoms with van der Waals surface area (Å²) in [6.07, 6.45) is 43.2. The maximum Gasteiger partial charge on any atom is 0.407 e. The van der Waals surface area contributed by atoms with E-state index in [2.05, 4.69) is 26.1 Å². The Kier molecular flexibility index (Phi) is 40.8. The van der Waals surface area contributed by atoms with E-state index in [9.17, 15) is 4.79 Å². The molecule has 0 aromatic carbocycles. The van der Waals surface area contributed by atoms with Gasteiger partial charge in [-0.2, -0.15) is 0 Å². The molecule has 7 heteroatoms. The van der Waals surface area contributed by atoms with Crippen molar-refractivity contribution < 1.29 is 28.5 Å². The van der Waals surface area contributed by atoms with E-state index < -0.39 is 11.7 Å². The highest BCUT2D eigenvalue weighted by molar-refractivity contribution is 5.67. The highest BCUT2D eigenvalue weighted by atomic mass is 16.6. The Bertz CT molecular complexity index is 851. The number of carbonyl (C=O) groups is 1. The van der Waals surface area contributed by atoms with Gasteiger partial charge >= 0.3 is 6.09 Å². The molecule has 0 saturated heterocycles. The van der Waals surface area contributed by atoms with Gasteiger partial charge in [-0.25, -0.2) is 4.79 Å². The largest absolute Gasteiger partial charge is 0.447 e. The SMILES string of the molecule is CCCCCCCCCCCCCCCCCCOC(C)C(COC(=O)NCCC(C)(C)OCC(C)(C)OC)OCCCCCCCCCCCCCCCCCC. The van der Waals surface area contributed by atoms with E-state index in [1.807, 2.05) is 27.7 Å². The second-order valence-electron chi connectivity index (χ2n) is 18.9. The summed E-state index contributed by atoms with van der Waals surface area (Å²) in [4.78, 5) is 12.7. The van der Waals surface area contributed by atoms with Crippen LogP contribution >= 0.6 is 0 Å². The van der Waals surface area contributed by atoms with Crippen molar-refractivity contribution in [2.45, 2.75) is 284 Å². The number of hydrogen-bond donors (Lipinski definition) is 1. The smallest absolute Gasteiger partial charge is 0.407 e. The molecule has 1 N–H and O–H groups in total. The third-order valence-electron chi connectivity index (χ3n) is 12.0. The molecule has 0 aliphatic carbocycles. The zero-order valence-electron chi connectivity index (χ0n) is 40.5. The molecule has 0 radical (unpaired) electrons. The Balaban J connectivity index is 4.34. The van der Waals surface area contributed by atoms with Crippen molar-refractivity contribution in [3.05, 3.63) is 0 Å². The number of hydrogen-bond acceptors (Lipinski definition) is 6. The van der Waals surface area contributed by atoms with Gasteiger partial charge in [0.05, 0.1) is 23.9 Å². The van der Waals surface area contributed by atoms with Crippen LogP contribution in [0.4, 0.5) is 4.79 Å². The van der Waals surface area contributed by atoms with Gasteiger partial charge < -0.3 is 29.0 Å². The Morgan fingerprint density at radius 2 is 0.845 bits per heavy atom. The number of alkyl carbamates (subject to hydrolysis) is 1. The molecule has 2 atom stereocenters. The quantitative estimate of drug-likeness (QED) is 0.0616. The summed E-state index contributed by atoms with van der Waals surface area (Å²) >= 11 is 0. The van der Waals surface area contributed by atoms with Gasteiger partial charge in [0, 0.05) is 26.9 Å². The van der Waals surface area contributed by atoms with Crippen LogP contribution < -0.4 is 5.32 Å². The van der Waals surface area contributed by atoms with Gasteiger partial charge in [-0.05, 0) is 53.9 Å². The van der Waals surface area contributed by atoms with E-state index in [0.717, 1.165) is 19.4 Å². The summed E-state index contributed by atoms with van der Waals surface area (Å²) in [5.74, 6) is 0. The molecule has 7 nitrogen and oxygen atoms in total. The molecule has 1 amide bonds. The lowest BCUT2D eigenvalue weighted by molar-refractivity contribution is -0.108. The number of rotatable bonds is 46. The van der Waals surface area contributed by atoms with Crippen LogP contribution in [-0.4, -0.2) is 69.6 Å². The summed E-state index contributed by atoms with van der Waals surface area (Å²) in [7, 11) is 1.69. The molecule has 0 heterocycles. The summed E-state index contributed by atoms with van der Waals surface area (Å²) in [6, 6.07) is 0. The van der Waals surface area contributed by atoms with E-state index in [0.29, 0.717) is 26.2 Å². The molecule has 58 heavy (non-hydrogen) atoms. The van der Waals surface area contributed by atoms with Gasteiger partial charge in [-0.3, -0.25) is 0 Å². The predicted octanol–water partition coefficient (Wildman–Crippen LogP) is 15.6. The lowest BCUT2D eigenvalue weighted by Crippen LogP contribution is -2.39. The molecular weight excluding hydrogens is 723 g/mol. The first-order chi connectivity index (χ1) is 28.1. The zero-order chi connectivity index (χ0) is 42.8. The lowest BCUT2D eigenvalue weighted by Gasteiger charge is -2.31. The van der Waals surface area contributed by atoms with Crippen LogP contribution in [0.25, 0.3) is 0 Å². The molecule has 0 bridgehead atoms. The number of nitrogens with one attached hydrogen (secondary N) is 1. The first-order valence-corrected chi connectivity index (χ1v) is 25.4. The first-order valence-electron chi connectivity index (χ1n) is 25.4. The van der Waals surface area contributed by atoms with E-state index in [4.69, 9.17) is 23.7 Å². The third-order valence-corrected chi connectivity index (χ3v) is 12.0. The molecule has 0 spiro atoms. The van der Waals surface area contributed by atoms with Crippen LogP contribution in [0.2, 0.25) is 0 Å². The van der Waals surface area contributed by atoms with Crippen LogP contribution in [0, 0.1) is 0 Å². The van der Waals surface area contributed by atoms with Crippen molar-refractivity contribution in [3.8, 4) is 0 Å². The van der Waals surface area contributed by atoms with Crippen molar-refractivity contribution in [1.82, 2.24) is 5.32 Å².